The Kier molecular flexibility index (Phi) is 4.95. The van der Waals surface area contributed by atoms with Gasteiger partial charge in [-0.05, 0) is 42.8 Å². The highest BCUT2D eigenvalue weighted by Gasteiger charge is 2.30. The fraction of sp³-hybridized carbons (Fsp3) is 0.222. The maximum absolute atomic E-state index is 12.5. The van der Waals surface area contributed by atoms with Crippen LogP contribution in [0.3, 0.4) is 0 Å². The van der Waals surface area contributed by atoms with Crippen molar-refractivity contribution in [3.63, 3.8) is 0 Å². The quantitative estimate of drug-likeness (QED) is 0.844. The van der Waals surface area contributed by atoms with E-state index in [2.05, 4.69) is 10.6 Å². The number of carbonyl (C=O) groups is 2. The Morgan fingerprint density at radius 3 is 2.54 bits per heavy atom. The van der Waals surface area contributed by atoms with Gasteiger partial charge in [0.25, 0.3) is 5.91 Å². The molecule has 0 aromatic heterocycles. The van der Waals surface area contributed by atoms with Crippen LogP contribution in [-0.4, -0.2) is 17.1 Å². The molecule has 136 valence electrons. The summed E-state index contributed by atoms with van der Waals surface area (Å²) in [6.45, 7) is 1.90. The van der Waals surface area contributed by atoms with Gasteiger partial charge in [-0.15, -0.1) is 11.8 Å². The van der Waals surface area contributed by atoms with E-state index in [1.54, 1.807) is 25.1 Å². The zero-order valence-electron chi connectivity index (χ0n) is 13.7. The molecule has 0 aliphatic carbocycles. The molecule has 0 saturated carbocycles. The summed E-state index contributed by atoms with van der Waals surface area (Å²) in [4.78, 5) is 24.9. The number of hydrogen-bond acceptors (Lipinski definition) is 3. The lowest BCUT2D eigenvalue weighted by Gasteiger charge is -2.21. The van der Waals surface area contributed by atoms with E-state index in [-0.39, 0.29) is 23.6 Å². The molecule has 3 rings (SSSR count). The normalized spacial score (nSPS) is 16.6. The fourth-order valence-electron chi connectivity index (χ4n) is 2.45. The minimum Gasteiger partial charge on any atom is -0.348 e. The second-order valence-electron chi connectivity index (χ2n) is 5.84. The van der Waals surface area contributed by atoms with E-state index in [1.165, 1.54) is 23.9 Å². The zero-order valence-corrected chi connectivity index (χ0v) is 14.5. The molecule has 0 saturated heterocycles. The second-order valence-corrected chi connectivity index (χ2v) is 7.22. The highest BCUT2D eigenvalue weighted by molar-refractivity contribution is 8.00. The van der Waals surface area contributed by atoms with Crippen LogP contribution in [-0.2, 0) is 17.5 Å². The van der Waals surface area contributed by atoms with Gasteiger partial charge >= 0.3 is 6.18 Å². The first-order chi connectivity index (χ1) is 12.2. The van der Waals surface area contributed by atoms with E-state index in [0.29, 0.717) is 16.8 Å². The van der Waals surface area contributed by atoms with Crippen LogP contribution in [0, 0.1) is 0 Å². The van der Waals surface area contributed by atoms with Gasteiger partial charge in [0, 0.05) is 17.0 Å². The van der Waals surface area contributed by atoms with Gasteiger partial charge in [0.05, 0.1) is 16.5 Å². The average Bonchev–Trinajstić information content (AvgIpc) is 2.60. The van der Waals surface area contributed by atoms with Crippen molar-refractivity contribution >= 4 is 29.3 Å². The van der Waals surface area contributed by atoms with E-state index in [4.69, 9.17) is 0 Å². The Morgan fingerprint density at radius 2 is 1.88 bits per heavy atom. The molecule has 1 aliphatic rings. The number of nitrogens with one attached hydrogen (secondary N) is 2. The van der Waals surface area contributed by atoms with Crippen molar-refractivity contribution in [1.82, 2.24) is 5.32 Å². The third-order valence-corrected chi connectivity index (χ3v) is 5.08. The van der Waals surface area contributed by atoms with E-state index in [1.807, 2.05) is 0 Å². The maximum Gasteiger partial charge on any atom is 0.416 e. The van der Waals surface area contributed by atoms with Crippen molar-refractivity contribution in [1.29, 1.82) is 0 Å². The number of fused-ring (bicyclic) bond motifs is 1. The first-order valence-corrected chi connectivity index (χ1v) is 8.68. The molecule has 1 unspecified atom stereocenters. The van der Waals surface area contributed by atoms with Crippen LogP contribution in [0.1, 0.15) is 28.4 Å². The van der Waals surface area contributed by atoms with Crippen LogP contribution < -0.4 is 10.6 Å². The SMILES string of the molecule is CC1Sc2ccc(C(=O)NCc3ccc(C(F)(F)F)cc3)cc2NC1=O. The Morgan fingerprint density at radius 1 is 1.19 bits per heavy atom. The number of halogens is 3. The van der Waals surface area contributed by atoms with Gasteiger partial charge in [0.15, 0.2) is 0 Å². The summed E-state index contributed by atoms with van der Waals surface area (Å²) in [5, 5.41) is 5.22. The van der Waals surface area contributed by atoms with Gasteiger partial charge in [-0.25, -0.2) is 0 Å². The van der Waals surface area contributed by atoms with E-state index < -0.39 is 11.7 Å². The fourth-order valence-corrected chi connectivity index (χ4v) is 3.38. The lowest BCUT2D eigenvalue weighted by Crippen LogP contribution is -2.27. The van der Waals surface area contributed by atoms with Gasteiger partial charge < -0.3 is 10.6 Å². The third kappa shape index (κ3) is 4.01. The van der Waals surface area contributed by atoms with Crippen molar-refractivity contribution < 1.29 is 22.8 Å². The van der Waals surface area contributed by atoms with E-state index >= 15 is 0 Å². The average molecular weight is 380 g/mol. The number of thioether (sulfide) groups is 1. The molecule has 26 heavy (non-hydrogen) atoms. The number of hydrogen-bond donors (Lipinski definition) is 2. The van der Waals surface area contributed by atoms with Gasteiger partial charge in [0.2, 0.25) is 5.91 Å². The van der Waals surface area contributed by atoms with Crippen molar-refractivity contribution in [3.8, 4) is 0 Å². The molecule has 4 nitrogen and oxygen atoms in total. The number of carbonyl (C=O) groups excluding carboxylic acids is 2. The predicted octanol–water partition coefficient (Wildman–Crippen LogP) is 4.07. The first kappa shape index (κ1) is 18.3. The van der Waals surface area contributed by atoms with Crippen LogP contribution in [0.4, 0.5) is 18.9 Å². The molecular weight excluding hydrogens is 365 g/mol. The monoisotopic (exact) mass is 380 g/mol. The summed E-state index contributed by atoms with van der Waals surface area (Å²) in [5.41, 5.74) is 0.776. The molecule has 1 aliphatic heterocycles. The van der Waals surface area contributed by atoms with Crippen LogP contribution in [0.2, 0.25) is 0 Å². The van der Waals surface area contributed by atoms with Crippen molar-refractivity contribution in [2.45, 2.75) is 29.8 Å². The molecule has 0 fully saturated rings. The Bertz CT molecular complexity index is 851. The molecule has 2 aromatic carbocycles. The van der Waals surface area contributed by atoms with Gasteiger partial charge in [-0.2, -0.15) is 13.2 Å². The van der Waals surface area contributed by atoms with Gasteiger partial charge in [-0.1, -0.05) is 12.1 Å². The topological polar surface area (TPSA) is 58.2 Å². The third-order valence-electron chi connectivity index (χ3n) is 3.91. The van der Waals surface area contributed by atoms with E-state index in [0.717, 1.165) is 17.0 Å². The molecule has 8 heteroatoms. The molecule has 2 aromatic rings. The summed E-state index contributed by atoms with van der Waals surface area (Å²) in [6, 6.07) is 9.63. The van der Waals surface area contributed by atoms with Crippen molar-refractivity contribution in [3.05, 3.63) is 59.2 Å². The standard InChI is InChI=1S/C18H15F3N2O2S/c1-10-16(24)23-14-8-12(4-7-15(14)26-10)17(25)22-9-11-2-5-13(6-3-11)18(19,20)21/h2-8,10H,9H2,1H3,(H,22,25)(H,23,24). The number of amides is 2. The Labute approximate surface area is 152 Å². The van der Waals surface area contributed by atoms with Gasteiger partial charge in [-0.3, -0.25) is 9.59 Å². The molecule has 1 atom stereocenters. The highest BCUT2D eigenvalue weighted by atomic mass is 32.2. The number of alkyl halides is 3. The van der Waals surface area contributed by atoms with Crippen LogP contribution in [0.25, 0.3) is 0 Å². The summed E-state index contributed by atoms with van der Waals surface area (Å²) < 4.78 is 37.6. The summed E-state index contributed by atoms with van der Waals surface area (Å²) in [6.07, 6.45) is -4.38. The summed E-state index contributed by atoms with van der Waals surface area (Å²) >= 11 is 1.42. The summed E-state index contributed by atoms with van der Waals surface area (Å²) in [5.74, 6) is -0.490. The number of rotatable bonds is 3. The molecule has 0 radical (unpaired) electrons. The molecule has 2 N–H and O–H groups in total. The van der Waals surface area contributed by atoms with Crippen LogP contribution in [0.5, 0.6) is 0 Å². The second kappa shape index (κ2) is 7.03. The lowest BCUT2D eigenvalue weighted by molar-refractivity contribution is -0.137. The molecule has 2 amide bonds. The smallest absolute Gasteiger partial charge is 0.348 e. The Hall–Kier alpha value is -2.48. The molecule has 0 bridgehead atoms. The predicted molar refractivity (Wildman–Crippen MR) is 93.0 cm³/mol. The van der Waals surface area contributed by atoms with E-state index in [9.17, 15) is 22.8 Å². The molecule has 0 spiro atoms. The maximum atomic E-state index is 12.5. The highest BCUT2D eigenvalue weighted by Crippen LogP contribution is 2.36. The minimum atomic E-state index is -4.38. The van der Waals surface area contributed by atoms with Gasteiger partial charge in [0.1, 0.15) is 0 Å². The minimum absolute atomic E-state index is 0.103. The lowest BCUT2D eigenvalue weighted by atomic mass is 10.1. The molecular formula is C18H15F3N2O2S. The summed E-state index contributed by atoms with van der Waals surface area (Å²) in [7, 11) is 0. The largest absolute Gasteiger partial charge is 0.416 e. The van der Waals surface area contributed by atoms with Crippen LogP contribution in [0.15, 0.2) is 47.4 Å². The Balaban J connectivity index is 1.65. The molecule has 1 heterocycles. The van der Waals surface area contributed by atoms with Crippen molar-refractivity contribution in [2.24, 2.45) is 0 Å². The van der Waals surface area contributed by atoms with Crippen LogP contribution >= 0.6 is 11.8 Å². The number of anilines is 1. The van der Waals surface area contributed by atoms with Crippen molar-refractivity contribution in [2.75, 3.05) is 5.32 Å². The zero-order chi connectivity index (χ0) is 18.9. The number of benzene rings is 2. The first-order valence-electron chi connectivity index (χ1n) is 7.80.